The highest BCUT2D eigenvalue weighted by atomic mass is 19.1. The minimum absolute atomic E-state index is 0.0757. The summed E-state index contributed by atoms with van der Waals surface area (Å²) in [6, 6.07) is 6.39. The molecule has 1 aliphatic rings. The van der Waals surface area contributed by atoms with Gasteiger partial charge in [-0.1, -0.05) is 0 Å². The lowest BCUT2D eigenvalue weighted by atomic mass is 10.00. The Morgan fingerprint density at radius 3 is 2.74 bits per heavy atom. The molecule has 2 atom stereocenters. The van der Waals surface area contributed by atoms with Gasteiger partial charge in [0, 0.05) is 18.9 Å². The number of halogens is 2. The van der Waals surface area contributed by atoms with Gasteiger partial charge in [-0.3, -0.25) is 9.20 Å². The molecule has 0 aliphatic heterocycles. The highest BCUT2D eigenvalue weighted by Gasteiger charge is 2.56. The van der Waals surface area contributed by atoms with Crippen LogP contribution in [0.5, 0.6) is 0 Å². The molecule has 3 aromatic rings. The molecule has 0 unspecified atom stereocenters. The maximum atomic E-state index is 14.0. The summed E-state index contributed by atoms with van der Waals surface area (Å²) >= 11 is 0. The van der Waals surface area contributed by atoms with Crippen LogP contribution in [0.25, 0.3) is 16.8 Å². The first-order chi connectivity index (χ1) is 12.7. The number of nitrogens with zero attached hydrogens (tertiary/aromatic N) is 2. The van der Waals surface area contributed by atoms with Crippen molar-refractivity contribution in [2.24, 2.45) is 5.92 Å². The summed E-state index contributed by atoms with van der Waals surface area (Å²) in [5.41, 5.74) is 8.08. The fourth-order valence-corrected chi connectivity index (χ4v) is 3.58. The van der Waals surface area contributed by atoms with Gasteiger partial charge < -0.3 is 11.1 Å². The van der Waals surface area contributed by atoms with E-state index in [1.807, 2.05) is 6.92 Å². The minimum atomic E-state index is -1.49. The van der Waals surface area contributed by atoms with Gasteiger partial charge in [-0.05, 0) is 61.2 Å². The molecule has 2 heterocycles. The minimum Gasteiger partial charge on any atom is -0.388 e. The standard InChI is InChI=1S/C20H20F2N4O/c1-10-13(6-12(21)7-15(10)24-3)11-4-5-16-25-19(23)17(26(16)9-11)18(27)14-8-20(14,2)22/h4-7,9,14,24H,8,23H2,1-3H3/t14-,20+/m0/s1. The van der Waals surface area contributed by atoms with E-state index in [0.29, 0.717) is 22.5 Å². The Kier molecular flexibility index (Phi) is 3.73. The molecule has 4 rings (SSSR count). The van der Waals surface area contributed by atoms with Crippen molar-refractivity contribution in [2.45, 2.75) is 25.9 Å². The predicted octanol–water partition coefficient (Wildman–Crippen LogP) is 4.00. The van der Waals surface area contributed by atoms with Crippen molar-refractivity contribution >= 4 is 22.9 Å². The number of nitrogen functional groups attached to an aromatic ring is 1. The monoisotopic (exact) mass is 370 g/mol. The number of hydrogen-bond donors (Lipinski definition) is 2. The van der Waals surface area contributed by atoms with Gasteiger partial charge in [0.15, 0.2) is 11.6 Å². The second kappa shape index (κ2) is 5.77. The Morgan fingerprint density at radius 2 is 2.11 bits per heavy atom. The summed E-state index contributed by atoms with van der Waals surface area (Å²) in [5, 5.41) is 2.97. The molecule has 1 fully saturated rings. The fourth-order valence-electron chi connectivity index (χ4n) is 3.58. The average molecular weight is 370 g/mol. The van der Waals surface area contributed by atoms with Crippen LogP contribution in [0.1, 0.15) is 29.4 Å². The van der Waals surface area contributed by atoms with E-state index < -0.39 is 11.6 Å². The van der Waals surface area contributed by atoms with Gasteiger partial charge >= 0.3 is 0 Å². The van der Waals surface area contributed by atoms with E-state index in [4.69, 9.17) is 5.73 Å². The fraction of sp³-hybridized carbons (Fsp3) is 0.300. The van der Waals surface area contributed by atoms with Crippen LogP contribution in [0.3, 0.4) is 0 Å². The summed E-state index contributed by atoms with van der Waals surface area (Å²) in [4.78, 5) is 16.9. The lowest BCUT2D eigenvalue weighted by molar-refractivity contribution is 0.0936. The topological polar surface area (TPSA) is 72.4 Å². The van der Waals surface area contributed by atoms with Crippen molar-refractivity contribution in [3.8, 4) is 11.1 Å². The van der Waals surface area contributed by atoms with Crippen LogP contribution in [0, 0.1) is 18.7 Å². The first kappa shape index (κ1) is 17.5. The maximum absolute atomic E-state index is 14.0. The van der Waals surface area contributed by atoms with E-state index >= 15 is 0 Å². The zero-order chi connectivity index (χ0) is 19.5. The largest absolute Gasteiger partial charge is 0.388 e. The van der Waals surface area contributed by atoms with E-state index in [2.05, 4.69) is 10.3 Å². The van der Waals surface area contributed by atoms with Crippen LogP contribution < -0.4 is 11.1 Å². The molecule has 1 aromatic carbocycles. The Hall–Kier alpha value is -2.96. The molecule has 1 saturated carbocycles. The van der Waals surface area contributed by atoms with Gasteiger partial charge in [-0.25, -0.2) is 13.8 Å². The van der Waals surface area contributed by atoms with Crippen molar-refractivity contribution < 1.29 is 13.6 Å². The van der Waals surface area contributed by atoms with E-state index in [9.17, 15) is 13.6 Å². The number of imidazole rings is 1. The molecule has 0 saturated heterocycles. The lowest BCUT2D eigenvalue weighted by Gasteiger charge is -2.12. The lowest BCUT2D eigenvalue weighted by Crippen LogP contribution is -2.13. The number of nitrogens with one attached hydrogen (secondary N) is 1. The molecule has 3 N–H and O–H groups in total. The smallest absolute Gasteiger partial charge is 0.189 e. The predicted molar refractivity (Wildman–Crippen MR) is 101 cm³/mol. The Bertz CT molecular complexity index is 1090. The number of hydrogen-bond acceptors (Lipinski definition) is 4. The number of ketones is 1. The molecule has 27 heavy (non-hydrogen) atoms. The number of rotatable bonds is 4. The van der Waals surface area contributed by atoms with Crippen molar-refractivity contribution in [2.75, 3.05) is 18.1 Å². The molecule has 7 heteroatoms. The maximum Gasteiger partial charge on any atom is 0.189 e. The number of aromatic nitrogens is 2. The molecule has 0 bridgehead atoms. The summed E-state index contributed by atoms with van der Waals surface area (Å²) in [5.74, 6) is -1.34. The third-order valence-electron chi connectivity index (χ3n) is 5.32. The summed E-state index contributed by atoms with van der Waals surface area (Å²) in [6.45, 7) is 3.30. The third kappa shape index (κ3) is 2.74. The first-order valence-corrected chi connectivity index (χ1v) is 8.72. The van der Waals surface area contributed by atoms with E-state index in [-0.39, 0.29) is 29.5 Å². The summed E-state index contributed by atoms with van der Waals surface area (Å²) in [7, 11) is 1.73. The number of alkyl halides is 1. The Labute approximate surface area is 155 Å². The van der Waals surface area contributed by atoms with Crippen molar-refractivity contribution in [1.29, 1.82) is 0 Å². The summed E-state index contributed by atoms with van der Waals surface area (Å²) in [6.07, 6.45) is 1.89. The molecule has 2 aromatic heterocycles. The van der Waals surface area contributed by atoms with Crippen LogP contribution >= 0.6 is 0 Å². The van der Waals surface area contributed by atoms with Crippen LogP contribution in [0.15, 0.2) is 30.5 Å². The number of fused-ring (bicyclic) bond motifs is 1. The molecular formula is C20H20F2N4O. The SMILES string of the molecule is CNc1cc(F)cc(-c2ccc3nc(N)c(C(=O)[C@@H]4C[C@@]4(C)F)n3c2)c1C. The van der Waals surface area contributed by atoms with Crippen molar-refractivity contribution in [1.82, 2.24) is 9.38 Å². The highest BCUT2D eigenvalue weighted by Crippen LogP contribution is 2.49. The third-order valence-corrected chi connectivity index (χ3v) is 5.32. The number of carbonyl (C=O) groups excluding carboxylic acids is 1. The van der Waals surface area contributed by atoms with Crippen LogP contribution in [0.2, 0.25) is 0 Å². The number of benzene rings is 1. The van der Waals surface area contributed by atoms with Gasteiger partial charge in [0.25, 0.3) is 0 Å². The number of nitrogens with two attached hydrogens (primary N) is 1. The Balaban J connectivity index is 1.87. The molecule has 140 valence electrons. The van der Waals surface area contributed by atoms with E-state index in [0.717, 1.165) is 5.56 Å². The van der Waals surface area contributed by atoms with E-state index in [1.165, 1.54) is 19.1 Å². The van der Waals surface area contributed by atoms with Gasteiger partial charge in [-0.2, -0.15) is 0 Å². The number of Topliss-reactive ketones (excluding diaryl/α,β-unsaturated/α-hetero) is 1. The second-order valence-corrected chi connectivity index (χ2v) is 7.27. The molecule has 0 spiro atoms. The van der Waals surface area contributed by atoms with Crippen LogP contribution in [-0.2, 0) is 0 Å². The van der Waals surface area contributed by atoms with E-state index in [1.54, 1.807) is 29.8 Å². The zero-order valence-electron chi connectivity index (χ0n) is 15.3. The van der Waals surface area contributed by atoms with Gasteiger partial charge in [0.05, 0.1) is 5.92 Å². The molecule has 0 radical (unpaired) electrons. The van der Waals surface area contributed by atoms with Gasteiger partial charge in [0.2, 0.25) is 0 Å². The van der Waals surface area contributed by atoms with Crippen molar-refractivity contribution in [3.05, 3.63) is 47.5 Å². The normalized spacial score (nSPS) is 21.4. The van der Waals surface area contributed by atoms with Gasteiger partial charge in [0.1, 0.15) is 22.8 Å². The zero-order valence-corrected chi connectivity index (χ0v) is 15.3. The summed E-state index contributed by atoms with van der Waals surface area (Å²) < 4.78 is 29.6. The number of pyridine rings is 1. The first-order valence-electron chi connectivity index (χ1n) is 8.72. The average Bonchev–Trinajstić information content (AvgIpc) is 3.13. The quantitative estimate of drug-likeness (QED) is 0.681. The van der Waals surface area contributed by atoms with Gasteiger partial charge in [-0.15, -0.1) is 0 Å². The van der Waals surface area contributed by atoms with Crippen LogP contribution in [0.4, 0.5) is 20.3 Å². The number of anilines is 2. The molecule has 1 aliphatic carbocycles. The number of carbonyl (C=O) groups is 1. The highest BCUT2D eigenvalue weighted by molar-refractivity contribution is 6.03. The van der Waals surface area contributed by atoms with Crippen LogP contribution in [-0.4, -0.2) is 27.9 Å². The molecule has 0 amide bonds. The molecular weight excluding hydrogens is 350 g/mol. The second-order valence-electron chi connectivity index (χ2n) is 7.27. The van der Waals surface area contributed by atoms with Crippen molar-refractivity contribution in [3.63, 3.8) is 0 Å². The molecule has 5 nitrogen and oxygen atoms in total. The Morgan fingerprint density at radius 1 is 1.41 bits per heavy atom.